The number of benzene rings is 1. The summed E-state index contributed by atoms with van der Waals surface area (Å²) in [7, 11) is 1.98. The smallest absolute Gasteiger partial charge is 0.0625 e. The third-order valence-electron chi connectivity index (χ3n) is 2.40. The molecule has 0 aliphatic carbocycles. The Morgan fingerprint density at radius 1 is 1.47 bits per heavy atom. The Morgan fingerprint density at radius 3 is 2.67 bits per heavy atom. The predicted octanol–water partition coefficient (Wildman–Crippen LogP) is 1.14. The van der Waals surface area contributed by atoms with Gasteiger partial charge >= 0.3 is 0 Å². The van der Waals surface area contributed by atoms with E-state index in [1.807, 2.05) is 26.1 Å². The minimum absolute atomic E-state index is 0.0108. The largest absolute Gasteiger partial charge is 0.394 e. The molecule has 1 atom stereocenters. The Morgan fingerprint density at radius 2 is 2.13 bits per heavy atom. The number of likely N-dealkylation sites (N-methyl/N-ethyl adjacent to an activating group) is 1. The van der Waals surface area contributed by atoms with Gasteiger partial charge in [-0.3, -0.25) is 0 Å². The highest BCUT2D eigenvalue weighted by atomic mass is 16.3. The highest BCUT2D eigenvalue weighted by Gasteiger charge is 2.19. The molecule has 1 aromatic carbocycles. The first kappa shape index (κ1) is 12.0. The number of aliphatic hydroxyl groups is 1. The zero-order valence-corrected chi connectivity index (χ0v) is 9.70. The first-order chi connectivity index (χ1) is 6.94. The lowest BCUT2D eigenvalue weighted by atomic mass is 10.0. The molecule has 0 heterocycles. The lowest BCUT2D eigenvalue weighted by molar-refractivity contribution is 0.212. The van der Waals surface area contributed by atoms with E-state index in [1.165, 1.54) is 5.56 Å². The predicted molar refractivity (Wildman–Crippen MR) is 64.1 cm³/mol. The molecule has 0 aliphatic heterocycles. The first-order valence-corrected chi connectivity index (χ1v) is 5.12. The second-order valence-electron chi connectivity index (χ2n) is 4.51. The van der Waals surface area contributed by atoms with E-state index < -0.39 is 5.54 Å². The lowest BCUT2D eigenvalue weighted by Crippen LogP contribution is -2.49. The van der Waals surface area contributed by atoms with Crippen molar-refractivity contribution in [3.8, 4) is 0 Å². The SMILES string of the molecule is Cc1cccc(N(C)CC(C)(N)CO)c1. The molecule has 15 heavy (non-hydrogen) atoms. The van der Waals surface area contributed by atoms with Crippen LogP contribution in [-0.2, 0) is 0 Å². The molecular formula is C12H20N2O. The van der Waals surface area contributed by atoms with Gasteiger partial charge in [0.05, 0.1) is 12.1 Å². The maximum atomic E-state index is 9.09. The van der Waals surface area contributed by atoms with Crippen molar-refractivity contribution in [3.05, 3.63) is 29.8 Å². The van der Waals surface area contributed by atoms with Gasteiger partial charge in [0, 0.05) is 19.3 Å². The highest BCUT2D eigenvalue weighted by molar-refractivity contribution is 5.48. The number of anilines is 1. The molecular weight excluding hydrogens is 188 g/mol. The topological polar surface area (TPSA) is 49.5 Å². The van der Waals surface area contributed by atoms with Gasteiger partial charge < -0.3 is 15.7 Å². The molecule has 84 valence electrons. The Kier molecular flexibility index (Phi) is 3.72. The van der Waals surface area contributed by atoms with E-state index in [1.54, 1.807) is 0 Å². The highest BCUT2D eigenvalue weighted by Crippen LogP contribution is 2.15. The standard InChI is InChI=1S/C12H20N2O/c1-10-5-4-6-11(7-10)14(3)8-12(2,13)9-15/h4-7,15H,8-9,13H2,1-3H3. The van der Waals surface area contributed by atoms with Crippen LogP contribution in [0.4, 0.5) is 5.69 Å². The maximum Gasteiger partial charge on any atom is 0.0625 e. The summed E-state index contributed by atoms with van der Waals surface area (Å²) in [6.45, 7) is 4.53. The molecule has 0 saturated carbocycles. The zero-order valence-electron chi connectivity index (χ0n) is 9.70. The quantitative estimate of drug-likeness (QED) is 0.780. The second-order valence-corrected chi connectivity index (χ2v) is 4.51. The van der Waals surface area contributed by atoms with Crippen LogP contribution in [0.25, 0.3) is 0 Å². The number of aryl methyl sites for hydroxylation is 1. The Labute approximate surface area is 91.5 Å². The maximum absolute atomic E-state index is 9.09. The van der Waals surface area contributed by atoms with Crippen LogP contribution >= 0.6 is 0 Å². The fraction of sp³-hybridized carbons (Fsp3) is 0.500. The monoisotopic (exact) mass is 208 g/mol. The second kappa shape index (κ2) is 4.64. The molecule has 0 aliphatic rings. The lowest BCUT2D eigenvalue weighted by Gasteiger charge is -2.30. The molecule has 0 bridgehead atoms. The third-order valence-corrected chi connectivity index (χ3v) is 2.40. The fourth-order valence-electron chi connectivity index (χ4n) is 1.55. The van der Waals surface area contributed by atoms with E-state index in [4.69, 9.17) is 10.8 Å². The van der Waals surface area contributed by atoms with Crippen molar-refractivity contribution in [2.45, 2.75) is 19.4 Å². The minimum Gasteiger partial charge on any atom is -0.394 e. The van der Waals surface area contributed by atoms with E-state index in [0.29, 0.717) is 6.54 Å². The van der Waals surface area contributed by atoms with Gasteiger partial charge in [-0.15, -0.1) is 0 Å². The number of hydrogen-bond donors (Lipinski definition) is 2. The van der Waals surface area contributed by atoms with Crippen LogP contribution in [-0.4, -0.2) is 30.8 Å². The number of aliphatic hydroxyl groups excluding tert-OH is 1. The van der Waals surface area contributed by atoms with Gasteiger partial charge in [0.25, 0.3) is 0 Å². The summed E-state index contributed by atoms with van der Waals surface area (Å²) in [4.78, 5) is 2.06. The first-order valence-electron chi connectivity index (χ1n) is 5.12. The Bertz CT molecular complexity index is 323. The van der Waals surface area contributed by atoms with E-state index in [-0.39, 0.29) is 6.61 Å². The van der Waals surface area contributed by atoms with Crippen molar-refractivity contribution in [1.82, 2.24) is 0 Å². The minimum atomic E-state index is -0.557. The molecule has 1 unspecified atom stereocenters. The van der Waals surface area contributed by atoms with Crippen LogP contribution in [0.5, 0.6) is 0 Å². The number of rotatable bonds is 4. The van der Waals surface area contributed by atoms with Crippen molar-refractivity contribution in [2.75, 3.05) is 25.1 Å². The van der Waals surface area contributed by atoms with Gasteiger partial charge in [-0.05, 0) is 31.5 Å². The van der Waals surface area contributed by atoms with Crippen LogP contribution in [0.15, 0.2) is 24.3 Å². The Hall–Kier alpha value is -1.06. The van der Waals surface area contributed by atoms with Crippen LogP contribution in [0.1, 0.15) is 12.5 Å². The summed E-state index contributed by atoms with van der Waals surface area (Å²) in [5.74, 6) is 0. The van der Waals surface area contributed by atoms with E-state index in [2.05, 4.69) is 24.0 Å². The van der Waals surface area contributed by atoms with Gasteiger partial charge in [0.2, 0.25) is 0 Å². The summed E-state index contributed by atoms with van der Waals surface area (Å²) in [5, 5.41) is 9.09. The summed E-state index contributed by atoms with van der Waals surface area (Å²) < 4.78 is 0. The average Bonchev–Trinajstić information content (AvgIpc) is 2.17. The van der Waals surface area contributed by atoms with E-state index >= 15 is 0 Å². The van der Waals surface area contributed by atoms with Gasteiger partial charge in [-0.2, -0.15) is 0 Å². The van der Waals surface area contributed by atoms with Crippen LogP contribution in [0.3, 0.4) is 0 Å². The normalized spacial score (nSPS) is 14.7. The molecule has 0 radical (unpaired) electrons. The number of nitrogens with two attached hydrogens (primary N) is 1. The molecule has 0 spiro atoms. The van der Waals surface area contributed by atoms with Crippen LogP contribution < -0.4 is 10.6 Å². The van der Waals surface area contributed by atoms with Crippen LogP contribution in [0.2, 0.25) is 0 Å². The van der Waals surface area contributed by atoms with Crippen molar-refractivity contribution < 1.29 is 5.11 Å². The van der Waals surface area contributed by atoms with E-state index in [0.717, 1.165) is 5.69 Å². The molecule has 1 rings (SSSR count). The number of nitrogens with zero attached hydrogens (tertiary/aromatic N) is 1. The van der Waals surface area contributed by atoms with Gasteiger partial charge in [0.1, 0.15) is 0 Å². The van der Waals surface area contributed by atoms with Gasteiger partial charge in [-0.1, -0.05) is 12.1 Å². The Balaban J connectivity index is 2.73. The molecule has 1 aromatic rings. The van der Waals surface area contributed by atoms with Crippen molar-refractivity contribution in [3.63, 3.8) is 0 Å². The van der Waals surface area contributed by atoms with E-state index in [9.17, 15) is 0 Å². The van der Waals surface area contributed by atoms with Crippen molar-refractivity contribution >= 4 is 5.69 Å². The fourth-order valence-corrected chi connectivity index (χ4v) is 1.55. The molecule has 0 fully saturated rings. The molecule has 0 aromatic heterocycles. The van der Waals surface area contributed by atoms with Gasteiger partial charge in [0.15, 0.2) is 0 Å². The summed E-state index contributed by atoms with van der Waals surface area (Å²) in [6, 6.07) is 8.23. The summed E-state index contributed by atoms with van der Waals surface area (Å²) in [5.41, 5.74) is 7.69. The van der Waals surface area contributed by atoms with Gasteiger partial charge in [-0.25, -0.2) is 0 Å². The molecule has 3 nitrogen and oxygen atoms in total. The third kappa shape index (κ3) is 3.53. The van der Waals surface area contributed by atoms with Crippen LogP contribution in [0, 0.1) is 6.92 Å². The number of hydrogen-bond acceptors (Lipinski definition) is 3. The summed E-state index contributed by atoms with van der Waals surface area (Å²) in [6.07, 6.45) is 0. The summed E-state index contributed by atoms with van der Waals surface area (Å²) >= 11 is 0. The van der Waals surface area contributed by atoms with Crippen molar-refractivity contribution in [1.29, 1.82) is 0 Å². The molecule has 0 amide bonds. The average molecular weight is 208 g/mol. The van der Waals surface area contributed by atoms with Crippen molar-refractivity contribution in [2.24, 2.45) is 5.73 Å². The molecule has 3 heteroatoms. The molecule has 3 N–H and O–H groups in total. The molecule has 0 saturated heterocycles. The zero-order chi connectivity index (χ0) is 11.5.